The van der Waals surface area contributed by atoms with E-state index in [0.717, 1.165) is 24.0 Å². The average molecular weight is 397 g/mol. The van der Waals surface area contributed by atoms with Gasteiger partial charge in [0, 0.05) is 13.1 Å². The van der Waals surface area contributed by atoms with E-state index in [-0.39, 0.29) is 18.2 Å². The number of benzene rings is 2. The maximum atomic E-state index is 12.8. The molecule has 29 heavy (non-hydrogen) atoms. The van der Waals surface area contributed by atoms with Gasteiger partial charge in [-0.15, -0.1) is 0 Å². The zero-order valence-corrected chi connectivity index (χ0v) is 17.6. The Hall–Kier alpha value is -2.37. The van der Waals surface area contributed by atoms with Gasteiger partial charge in [0.1, 0.15) is 5.60 Å². The van der Waals surface area contributed by atoms with Gasteiger partial charge in [0.15, 0.2) is 0 Å². The lowest BCUT2D eigenvalue weighted by atomic mass is 9.96. The molecule has 2 aromatic carbocycles. The minimum Gasteiger partial charge on any atom is -0.444 e. The molecule has 1 amide bonds. The molecule has 1 aliphatic rings. The van der Waals surface area contributed by atoms with Crippen LogP contribution in [-0.4, -0.2) is 45.5 Å². The number of hydroxylamine groups is 2. The highest BCUT2D eigenvalue weighted by Crippen LogP contribution is 2.28. The first kappa shape index (κ1) is 21.3. The molecule has 0 bridgehead atoms. The van der Waals surface area contributed by atoms with Crippen LogP contribution in [0.25, 0.3) is 0 Å². The van der Waals surface area contributed by atoms with E-state index in [9.17, 15) is 10.0 Å². The van der Waals surface area contributed by atoms with Gasteiger partial charge in [0.25, 0.3) is 0 Å². The summed E-state index contributed by atoms with van der Waals surface area (Å²) in [6, 6.07) is 19.7. The van der Waals surface area contributed by atoms with Crippen LogP contribution in [0.15, 0.2) is 60.7 Å². The predicted molar refractivity (Wildman–Crippen MR) is 114 cm³/mol. The summed E-state index contributed by atoms with van der Waals surface area (Å²) in [5.41, 5.74) is 1.64. The minimum absolute atomic E-state index is 0.0984. The van der Waals surface area contributed by atoms with Crippen LogP contribution >= 0.6 is 0 Å². The van der Waals surface area contributed by atoms with Crippen LogP contribution in [0.3, 0.4) is 0 Å². The van der Waals surface area contributed by atoms with Crippen molar-refractivity contribution in [3.8, 4) is 0 Å². The monoisotopic (exact) mass is 396 g/mol. The molecule has 1 saturated heterocycles. The highest BCUT2D eigenvalue weighted by Gasteiger charge is 2.39. The van der Waals surface area contributed by atoms with Crippen LogP contribution < -0.4 is 0 Å². The summed E-state index contributed by atoms with van der Waals surface area (Å²) >= 11 is 0. The first-order chi connectivity index (χ1) is 13.8. The Morgan fingerprint density at radius 1 is 1.10 bits per heavy atom. The fraction of sp³-hybridized carbons (Fsp3) is 0.458. The van der Waals surface area contributed by atoms with Gasteiger partial charge < -0.3 is 14.8 Å². The van der Waals surface area contributed by atoms with Crippen molar-refractivity contribution in [2.24, 2.45) is 0 Å². The maximum Gasteiger partial charge on any atom is 0.410 e. The summed E-state index contributed by atoms with van der Waals surface area (Å²) in [7, 11) is 0. The number of hydrogen-bond acceptors (Lipinski definition) is 4. The molecule has 1 aliphatic heterocycles. The number of rotatable bonds is 6. The third-order valence-electron chi connectivity index (χ3n) is 5.23. The molecule has 0 spiro atoms. The second-order valence-electron chi connectivity index (χ2n) is 8.72. The van der Waals surface area contributed by atoms with Crippen molar-refractivity contribution >= 4 is 6.09 Å². The van der Waals surface area contributed by atoms with Crippen LogP contribution in [0.5, 0.6) is 0 Å². The van der Waals surface area contributed by atoms with Crippen molar-refractivity contribution < 1.29 is 14.7 Å². The van der Waals surface area contributed by atoms with E-state index in [0.29, 0.717) is 19.5 Å². The minimum atomic E-state index is -0.540. The van der Waals surface area contributed by atoms with Crippen molar-refractivity contribution in [2.75, 3.05) is 6.54 Å². The van der Waals surface area contributed by atoms with Crippen LogP contribution in [0.4, 0.5) is 4.79 Å². The third kappa shape index (κ3) is 6.05. The summed E-state index contributed by atoms with van der Waals surface area (Å²) in [6.45, 7) is 6.71. The molecule has 0 unspecified atom stereocenters. The van der Waals surface area contributed by atoms with E-state index >= 15 is 0 Å². The van der Waals surface area contributed by atoms with Gasteiger partial charge in [0.05, 0.1) is 12.1 Å². The largest absolute Gasteiger partial charge is 0.444 e. The van der Waals surface area contributed by atoms with E-state index in [1.54, 1.807) is 4.90 Å². The summed E-state index contributed by atoms with van der Waals surface area (Å²) in [6.07, 6.45) is 2.12. The zero-order chi connectivity index (χ0) is 20.9. The van der Waals surface area contributed by atoms with Crippen molar-refractivity contribution in [3.63, 3.8) is 0 Å². The standard InChI is InChI=1S/C24H32N2O3/c1-24(2,3)29-23(27)25-16-10-15-21(25)22(17-19-11-6-4-7-12-19)26(28)18-20-13-8-5-9-14-20/h4-9,11-14,21-22,28H,10,15-18H2,1-3H3/t21-,22-/m0/s1. The fourth-order valence-corrected chi connectivity index (χ4v) is 3.92. The summed E-state index contributed by atoms with van der Waals surface area (Å²) in [4.78, 5) is 14.6. The Bertz CT molecular complexity index is 774. The van der Waals surface area contributed by atoms with Gasteiger partial charge >= 0.3 is 6.09 Å². The number of likely N-dealkylation sites (tertiary alicyclic amines) is 1. The zero-order valence-electron chi connectivity index (χ0n) is 17.6. The number of nitrogens with zero attached hydrogens (tertiary/aromatic N) is 2. The lowest BCUT2D eigenvalue weighted by molar-refractivity contribution is -0.150. The Balaban J connectivity index is 1.82. The quantitative estimate of drug-likeness (QED) is 0.707. The molecule has 5 nitrogen and oxygen atoms in total. The highest BCUT2D eigenvalue weighted by atomic mass is 16.6. The molecule has 2 aromatic rings. The SMILES string of the molecule is CC(C)(C)OC(=O)N1CCC[C@H]1[C@H](Cc1ccccc1)N(O)Cc1ccccc1. The van der Waals surface area contributed by atoms with E-state index in [1.165, 1.54) is 5.06 Å². The Labute approximate surface area is 173 Å². The molecule has 156 valence electrons. The van der Waals surface area contributed by atoms with Gasteiger partial charge in [-0.3, -0.25) is 0 Å². The first-order valence-electron chi connectivity index (χ1n) is 10.4. The van der Waals surface area contributed by atoms with Gasteiger partial charge in [-0.1, -0.05) is 60.7 Å². The molecule has 0 aromatic heterocycles. The highest BCUT2D eigenvalue weighted by molar-refractivity contribution is 5.69. The number of amides is 1. The molecule has 0 saturated carbocycles. The van der Waals surface area contributed by atoms with Gasteiger partial charge in [0.2, 0.25) is 0 Å². The number of carbonyl (C=O) groups is 1. The van der Waals surface area contributed by atoms with E-state index < -0.39 is 5.60 Å². The second-order valence-corrected chi connectivity index (χ2v) is 8.72. The topological polar surface area (TPSA) is 53.0 Å². The molecule has 1 heterocycles. The van der Waals surface area contributed by atoms with Crippen molar-refractivity contribution in [1.82, 2.24) is 9.96 Å². The smallest absolute Gasteiger partial charge is 0.410 e. The molecule has 3 rings (SSSR count). The normalized spacial score (nSPS) is 18.1. The molecule has 1 fully saturated rings. The van der Waals surface area contributed by atoms with E-state index in [2.05, 4.69) is 12.1 Å². The maximum absolute atomic E-state index is 12.8. The third-order valence-corrected chi connectivity index (χ3v) is 5.23. The van der Waals surface area contributed by atoms with E-state index in [4.69, 9.17) is 4.74 Å². The van der Waals surface area contributed by atoms with Crippen LogP contribution in [0.1, 0.15) is 44.7 Å². The predicted octanol–water partition coefficient (Wildman–Crippen LogP) is 4.89. The Morgan fingerprint density at radius 2 is 1.69 bits per heavy atom. The van der Waals surface area contributed by atoms with Gasteiger partial charge in [-0.2, -0.15) is 5.06 Å². The molecular formula is C24H32N2O3. The van der Waals surface area contributed by atoms with Crippen molar-refractivity contribution in [2.45, 2.75) is 64.3 Å². The molecule has 1 N–H and O–H groups in total. The molecule has 0 aliphatic carbocycles. The number of ether oxygens (including phenoxy) is 1. The second kappa shape index (κ2) is 9.42. The Morgan fingerprint density at radius 3 is 2.28 bits per heavy atom. The Kier molecular flexibility index (Phi) is 6.93. The van der Waals surface area contributed by atoms with Crippen molar-refractivity contribution in [3.05, 3.63) is 71.8 Å². The number of carbonyl (C=O) groups excluding carboxylic acids is 1. The molecule has 5 heteroatoms. The number of hydrogen-bond donors (Lipinski definition) is 1. The van der Waals surface area contributed by atoms with Crippen LogP contribution in [-0.2, 0) is 17.7 Å². The lowest BCUT2D eigenvalue weighted by Crippen LogP contribution is -2.51. The van der Waals surface area contributed by atoms with Crippen molar-refractivity contribution in [1.29, 1.82) is 0 Å². The summed E-state index contributed by atoms with van der Waals surface area (Å²) < 4.78 is 5.64. The van der Waals surface area contributed by atoms with Crippen LogP contribution in [0, 0.1) is 0 Å². The molecular weight excluding hydrogens is 364 g/mol. The summed E-state index contributed by atoms with van der Waals surface area (Å²) in [5.74, 6) is 0. The first-order valence-corrected chi connectivity index (χ1v) is 10.4. The lowest BCUT2D eigenvalue weighted by Gasteiger charge is -2.37. The summed E-state index contributed by atoms with van der Waals surface area (Å²) in [5, 5.41) is 12.5. The molecule has 0 radical (unpaired) electrons. The van der Waals surface area contributed by atoms with Gasteiger partial charge in [-0.05, 0) is 51.2 Å². The average Bonchev–Trinajstić information content (AvgIpc) is 3.16. The van der Waals surface area contributed by atoms with Gasteiger partial charge in [-0.25, -0.2) is 4.79 Å². The van der Waals surface area contributed by atoms with E-state index in [1.807, 2.05) is 69.3 Å². The molecule has 2 atom stereocenters. The van der Waals surface area contributed by atoms with Crippen LogP contribution in [0.2, 0.25) is 0 Å². The fourth-order valence-electron chi connectivity index (χ4n) is 3.92.